The van der Waals surface area contributed by atoms with E-state index in [2.05, 4.69) is 10.6 Å². The average Bonchev–Trinajstić information content (AvgIpc) is 2.30. The number of aliphatic carboxylic acids is 1. The molecule has 2 amide bonds. The molecule has 4 N–H and O–H groups in total. The topological polar surface area (TPSA) is 98.7 Å². The smallest absolute Gasteiger partial charge is 0.328 e. The van der Waals surface area contributed by atoms with Crippen LogP contribution in [0.25, 0.3) is 0 Å². The van der Waals surface area contributed by atoms with Crippen molar-refractivity contribution in [2.75, 3.05) is 5.32 Å². The summed E-state index contributed by atoms with van der Waals surface area (Å²) < 4.78 is 0. The standard InChI is InChI=1S/C11H12Cl2N2O4/c1-5(16)9(10(17)18)15-11(19)14-8-4-6(12)2-3-7(8)13/h2-5,9,16H,1H3,(H,17,18)(H2,14,15,19)/t5-,9+/m1/s1. The first-order chi connectivity index (χ1) is 8.81. The maximum absolute atomic E-state index is 11.6. The molecule has 1 rings (SSSR count). The molecule has 0 aliphatic heterocycles. The van der Waals surface area contributed by atoms with Gasteiger partial charge in [0.2, 0.25) is 0 Å². The van der Waals surface area contributed by atoms with Crippen LogP contribution in [0.3, 0.4) is 0 Å². The van der Waals surface area contributed by atoms with Gasteiger partial charge in [-0.1, -0.05) is 23.2 Å². The number of carbonyl (C=O) groups excluding carboxylic acids is 1. The SMILES string of the molecule is C[C@@H](O)[C@H](NC(=O)Nc1cc(Cl)ccc1Cl)C(=O)O. The highest BCUT2D eigenvalue weighted by molar-refractivity contribution is 6.35. The molecule has 0 radical (unpaired) electrons. The zero-order chi connectivity index (χ0) is 14.6. The Morgan fingerprint density at radius 3 is 2.47 bits per heavy atom. The fourth-order valence-corrected chi connectivity index (χ4v) is 1.62. The largest absolute Gasteiger partial charge is 0.480 e. The number of rotatable bonds is 4. The van der Waals surface area contributed by atoms with E-state index >= 15 is 0 Å². The Hall–Kier alpha value is -1.50. The van der Waals surface area contributed by atoms with Gasteiger partial charge in [-0.25, -0.2) is 9.59 Å². The molecule has 1 aromatic carbocycles. The van der Waals surface area contributed by atoms with Gasteiger partial charge < -0.3 is 20.8 Å². The van der Waals surface area contributed by atoms with Crippen LogP contribution < -0.4 is 10.6 Å². The Balaban J connectivity index is 2.74. The number of nitrogens with one attached hydrogen (secondary N) is 2. The summed E-state index contributed by atoms with van der Waals surface area (Å²) in [4.78, 5) is 22.4. The van der Waals surface area contributed by atoms with Gasteiger partial charge in [0.1, 0.15) is 0 Å². The van der Waals surface area contributed by atoms with Gasteiger partial charge in [0.05, 0.1) is 16.8 Å². The fourth-order valence-electron chi connectivity index (χ4n) is 1.28. The summed E-state index contributed by atoms with van der Waals surface area (Å²) in [5.41, 5.74) is 0.237. The third kappa shape index (κ3) is 4.59. The lowest BCUT2D eigenvalue weighted by Crippen LogP contribution is -2.49. The van der Waals surface area contributed by atoms with E-state index in [4.69, 9.17) is 28.3 Å². The molecular formula is C11H12Cl2N2O4. The van der Waals surface area contributed by atoms with Crippen molar-refractivity contribution in [3.8, 4) is 0 Å². The lowest BCUT2D eigenvalue weighted by molar-refractivity contribution is -0.141. The molecule has 0 bridgehead atoms. The van der Waals surface area contributed by atoms with Gasteiger partial charge >= 0.3 is 12.0 Å². The van der Waals surface area contributed by atoms with Gasteiger partial charge in [0, 0.05) is 5.02 Å². The first-order valence-corrected chi connectivity index (χ1v) is 6.00. The maximum atomic E-state index is 11.6. The molecule has 19 heavy (non-hydrogen) atoms. The highest BCUT2D eigenvalue weighted by atomic mass is 35.5. The van der Waals surface area contributed by atoms with Crippen LogP contribution in [0.15, 0.2) is 18.2 Å². The summed E-state index contributed by atoms with van der Waals surface area (Å²) >= 11 is 11.6. The molecule has 2 atom stereocenters. The summed E-state index contributed by atoms with van der Waals surface area (Å²) in [6.45, 7) is 1.26. The lowest BCUT2D eigenvalue weighted by Gasteiger charge is -2.17. The average molecular weight is 307 g/mol. The number of carboxylic acid groups (broad SMARTS) is 1. The number of hydrogen-bond donors (Lipinski definition) is 4. The predicted molar refractivity (Wildman–Crippen MR) is 71.7 cm³/mol. The van der Waals surface area contributed by atoms with Crippen LogP contribution in [0, 0.1) is 0 Å². The molecule has 0 heterocycles. The molecule has 0 unspecified atom stereocenters. The van der Waals surface area contributed by atoms with Crippen molar-refractivity contribution in [1.82, 2.24) is 5.32 Å². The van der Waals surface area contributed by atoms with Crippen LogP contribution in [0.1, 0.15) is 6.92 Å². The normalized spacial score (nSPS) is 13.5. The number of hydrogen-bond acceptors (Lipinski definition) is 3. The van der Waals surface area contributed by atoms with Crippen LogP contribution in [-0.2, 0) is 4.79 Å². The third-order valence-electron chi connectivity index (χ3n) is 2.21. The van der Waals surface area contributed by atoms with Crippen LogP contribution >= 0.6 is 23.2 Å². The fraction of sp³-hybridized carbons (Fsp3) is 0.273. The Bertz CT molecular complexity index is 494. The molecule has 0 saturated carbocycles. The highest BCUT2D eigenvalue weighted by Gasteiger charge is 2.25. The van der Waals surface area contributed by atoms with Gasteiger partial charge in [-0.2, -0.15) is 0 Å². The molecule has 6 nitrogen and oxygen atoms in total. The summed E-state index contributed by atoms with van der Waals surface area (Å²) in [6.07, 6.45) is -1.24. The van der Waals surface area contributed by atoms with E-state index in [9.17, 15) is 14.7 Å². The minimum Gasteiger partial charge on any atom is -0.480 e. The van der Waals surface area contributed by atoms with Crippen molar-refractivity contribution in [3.05, 3.63) is 28.2 Å². The van der Waals surface area contributed by atoms with Gasteiger partial charge in [0.15, 0.2) is 6.04 Å². The summed E-state index contributed by atoms with van der Waals surface area (Å²) in [7, 11) is 0. The molecule has 8 heteroatoms. The van der Waals surface area contributed by atoms with E-state index in [-0.39, 0.29) is 10.7 Å². The van der Waals surface area contributed by atoms with E-state index in [0.717, 1.165) is 0 Å². The summed E-state index contributed by atoms with van der Waals surface area (Å²) in [6, 6.07) is 2.23. The minimum absolute atomic E-state index is 0.237. The van der Waals surface area contributed by atoms with E-state index in [1.165, 1.54) is 19.1 Å². The molecule has 0 aliphatic carbocycles. The van der Waals surface area contributed by atoms with Crippen molar-refractivity contribution in [2.45, 2.75) is 19.1 Å². The van der Waals surface area contributed by atoms with Crippen LogP contribution in [0.2, 0.25) is 10.0 Å². The molecule has 0 saturated heterocycles. The highest BCUT2D eigenvalue weighted by Crippen LogP contribution is 2.25. The quantitative estimate of drug-likeness (QED) is 0.683. The molecule has 0 aromatic heterocycles. The molecule has 0 fully saturated rings. The first kappa shape index (κ1) is 15.6. The Labute approximate surface area is 119 Å². The summed E-state index contributed by atoms with van der Waals surface area (Å²) in [5.74, 6) is -1.35. The van der Waals surface area contributed by atoms with Crippen LogP contribution in [0.5, 0.6) is 0 Å². The molecule has 0 spiro atoms. The number of anilines is 1. The predicted octanol–water partition coefficient (Wildman–Crippen LogP) is 1.95. The van der Waals surface area contributed by atoms with Crippen molar-refractivity contribution in [1.29, 1.82) is 0 Å². The van der Waals surface area contributed by atoms with Gasteiger partial charge in [-0.3, -0.25) is 0 Å². The molecule has 104 valence electrons. The zero-order valence-electron chi connectivity index (χ0n) is 9.85. The molecular weight excluding hydrogens is 295 g/mol. The Morgan fingerprint density at radius 1 is 1.32 bits per heavy atom. The van der Waals surface area contributed by atoms with Crippen molar-refractivity contribution in [3.63, 3.8) is 0 Å². The van der Waals surface area contributed by atoms with Crippen LogP contribution in [0.4, 0.5) is 10.5 Å². The lowest BCUT2D eigenvalue weighted by atomic mass is 10.2. The van der Waals surface area contributed by atoms with Crippen molar-refractivity contribution < 1.29 is 19.8 Å². The number of halogens is 2. The number of aliphatic hydroxyl groups is 1. The zero-order valence-corrected chi connectivity index (χ0v) is 11.4. The van der Waals surface area contributed by atoms with Gasteiger partial charge in [-0.05, 0) is 25.1 Å². The van der Waals surface area contributed by atoms with Crippen molar-refractivity contribution >= 4 is 40.9 Å². The van der Waals surface area contributed by atoms with Gasteiger partial charge in [0.25, 0.3) is 0 Å². The number of amides is 2. The maximum Gasteiger partial charge on any atom is 0.328 e. The monoisotopic (exact) mass is 306 g/mol. The van der Waals surface area contributed by atoms with E-state index in [1.807, 2.05) is 0 Å². The number of urea groups is 1. The van der Waals surface area contributed by atoms with Gasteiger partial charge in [-0.15, -0.1) is 0 Å². The van der Waals surface area contributed by atoms with Crippen molar-refractivity contribution in [2.24, 2.45) is 0 Å². The first-order valence-electron chi connectivity index (χ1n) is 5.24. The second kappa shape index (κ2) is 6.60. The third-order valence-corrected chi connectivity index (χ3v) is 2.78. The van der Waals surface area contributed by atoms with Crippen LogP contribution in [-0.4, -0.2) is 34.4 Å². The number of aliphatic hydroxyl groups excluding tert-OH is 1. The minimum atomic E-state index is -1.42. The van der Waals surface area contributed by atoms with E-state index in [1.54, 1.807) is 6.07 Å². The molecule has 0 aliphatic rings. The second-order valence-electron chi connectivity index (χ2n) is 3.78. The number of benzene rings is 1. The number of carboxylic acids is 1. The van der Waals surface area contributed by atoms with E-state index in [0.29, 0.717) is 5.02 Å². The second-order valence-corrected chi connectivity index (χ2v) is 4.62. The molecule has 1 aromatic rings. The summed E-state index contributed by atoms with van der Waals surface area (Å²) in [5, 5.41) is 23.1. The Kier molecular flexibility index (Phi) is 5.41. The Morgan fingerprint density at radius 2 is 1.95 bits per heavy atom. The van der Waals surface area contributed by atoms with E-state index < -0.39 is 24.1 Å². The number of carbonyl (C=O) groups is 2.